The van der Waals surface area contributed by atoms with E-state index in [1.165, 1.54) is 0 Å². The SMILES string of the molecule is C#Cc1nccc(C)c1OC. The van der Waals surface area contributed by atoms with Crippen LogP contribution in [0, 0.1) is 19.3 Å². The van der Waals surface area contributed by atoms with Crippen LogP contribution in [-0.2, 0) is 0 Å². The highest BCUT2D eigenvalue weighted by Gasteiger charge is 2.02. The highest BCUT2D eigenvalue weighted by atomic mass is 16.5. The molecule has 1 aromatic heterocycles. The summed E-state index contributed by atoms with van der Waals surface area (Å²) in [7, 11) is 1.59. The van der Waals surface area contributed by atoms with Crippen LogP contribution in [-0.4, -0.2) is 12.1 Å². The molecule has 0 N–H and O–H groups in total. The summed E-state index contributed by atoms with van der Waals surface area (Å²) < 4.78 is 5.06. The van der Waals surface area contributed by atoms with Crippen LogP contribution >= 0.6 is 0 Å². The molecule has 0 spiro atoms. The summed E-state index contributed by atoms with van der Waals surface area (Å²) >= 11 is 0. The van der Waals surface area contributed by atoms with E-state index in [0.717, 1.165) is 5.56 Å². The zero-order valence-electron chi connectivity index (χ0n) is 6.59. The molecule has 0 fully saturated rings. The predicted octanol–water partition coefficient (Wildman–Crippen LogP) is 1.38. The van der Waals surface area contributed by atoms with Gasteiger partial charge in [-0.2, -0.15) is 0 Å². The second-order valence-corrected chi connectivity index (χ2v) is 2.15. The molecule has 2 heteroatoms. The lowest BCUT2D eigenvalue weighted by Gasteiger charge is -2.04. The van der Waals surface area contributed by atoms with Crippen LogP contribution in [0.2, 0.25) is 0 Å². The molecule has 1 heterocycles. The highest BCUT2D eigenvalue weighted by Crippen LogP contribution is 2.18. The smallest absolute Gasteiger partial charge is 0.156 e. The number of nitrogens with zero attached hydrogens (tertiary/aromatic N) is 1. The first kappa shape index (κ1) is 7.62. The Morgan fingerprint density at radius 1 is 1.64 bits per heavy atom. The summed E-state index contributed by atoms with van der Waals surface area (Å²) in [5, 5.41) is 0. The van der Waals surface area contributed by atoms with E-state index in [-0.39, 0.29) is 0 Å². The average Bonchev–Trinajstić information content (AvgIpc) is 2.04. The monoisotopic (exact) mass is 147 g/mol. The lowest BCUT2D eigenvalue weighted by molar-refractivity contribution is 0.408. The number of rotatable bonds is 1. The Kier molecular flexibility index (Phi) is 2.12. The third kappa shape index (κ3) is 1.32. The number of methoxy groups -OCH3 is 1. The van der Waals surface area contributed by atoms with E-state index in [0.29, 0.717) is 11.4 Å². The minimum Gasteiger partial charge on any atom is -0.494 e. The predicted molar refractivity (Wildman–Crippen MR) is 43.5 cm³/mol. The van der Waals surface area contributed by atoms with Crippen LogP contribution < -0.4 is 4.74 Å². The van der Waals surface area contributed by atoms with Gasteiger partial charge in [0, 0.05) is 6.20 Å². The number of pyridine rings is 1. The van der Waals surface area contributed by atoms with Crippen molar-refractivity contribution in [2.45, 2.75) is 6.92 Å². The zero-order valence-corrected chi connectivity index (χ0v) is 6.59. The normalized spacial score (nSPS) is 8.82. The Balaban J connectivity index is 3.27. The fraction of sp³-hybridized carbons (Fsp3) is 0.222. The summed E-state index contributed by atoms with van der Waals surface area (Å²) in [5.74, 6) is 3.14. The maximum Gasteiger partial charge on any atom is 0.156 e. The molecule has 0 aromatic carbocycles. The van der Waals surface area contributed by atoms with Gasteiger partial charge >= 0.3 is 0 Å². The van der Waals surface area contributed by atoms with Gasteiger partial charge in [0.05, 0.1) is 7.11 Å². The Morgan fingerprint density at radius 3 is 2.82 bits per heavy atom. The van der Waals surface area contributed by atoms with E-state index < -0.39 is 0 Å². The molecule has 0 atom stereocenters. The van der Waals surface area contributed by atoms with Crippen molar-refractivity contribution >= 4 is 0 Å². The van der Waals surface area contributed by atoms with Crippen LogP contribution in [0.15, 0.2) is 12.3 Å². The highest BCUT2D eigenvalue weighted by molar-refractivity contribution is 5.44. The van der Waals surface area contributed by atoms with E-state index in [9.17, 15) is 0 Å². The number of aryl methyl sites for hydroxylation is 1. The van der Waals surface area contributed by atoms with Gasteiger partial charge in [-0.15, -0.1) is 6.42 Å². The van der Waals surface area contributed by atoms with E-state index in [2.05, 4.69) is 10.9 Å². The Morgan fingerprint density at radius 2 is 2.36 bits per heavy atom. The molecular formula is C9H9NO. The van der Waals surface area contributed by atoms with Crippen LogP contribution in [0.25, 0.3) is 0 Å². The molecular weight excluding hydrogens is 138 g/mol. The van der Waals surface area contributed by atoms with Gasteiger partial charge in [0.1, 0.15) is 0 Å². The van der Waals surface area contributed by atoms with Gasteiger partial charge in [0.15, 0.2) is 11.4 Å². The summed E-state index contributed by atoms with van der Waals surface area (Å²) in [6.07, 6.45) is 6.88. The minimum absolute atomic E-state index is 0.563. The maximum absolute atomic E-state index is 5.20. The molecule has 0 aliphatic heterocycles. The second kappa shape index (κ2) is 3.07. The van der Waals surface area contributed by atoms with Gasteiger partial charge < -0.3 is 4.74 Å². The maximum atomic E-state index is 5.20. The van der Waals surface area contributed by atoms with Crippen molar-refractivity contribution in [3.05, 3.63) is 23.5 Å². The molecule has 11 heavy (non-hydrogen) atoms. The van der Waals surface area contributed by atoms with Crippen molar-refractivity contribution in [3.63, 3.8) is 0 Å². The van der Waals surface area contributed by atoms with Crippen molar-refractivity contribution in [1.29, 1.82) is 0 Å². The van der Waals surface area contributed by atoms with Crippen LogP contribution in [0.3, 0.4) is 0 Å². The number of hydrogen-bond donors (Lipinski definition) is 0. The Hall–Kier alpha value is -1.49. The summed E-state index contributed by atoms with van der Waals surface area (Å²) in [6, 6.07) is 1.86. The van der Waals surface area contributed by atoms with Gasteiger partial charge in [0.2, 0.25) is 0 Å². The van der Waals surface area contributed by atoms with Gasteiger partial charge in [-0.1, -0.05) is 0 Å². The van der Waals surface area contributed by atoms with Gasteiger partial charge in [-0.05, 0) is 24.5 Å². The molecule has 1 rings (SSSR count). The van der Waals surface area contributed by atoms with Gasteiger partial charge in [0.25, 0.3) is 0 Å². The van der Waals surface area contributed by atoms with Crippen molar-refractivity contribution < 1.29 is 4.74 Å². The number of terminal acetylenes is 1. The topological polar surface area (TPSA) is 22.1 Å². The van der Waals surface area contributed by atoms with E-state index in [4.69, 9.17) is 11.2 Å². The third-order valence-corrected chi connectivity index (χ3v) is 1.44. The summed E-state index contributed by atoms with van der Waals surface area (Å²) in [6.45, 7) is 1.93. The molecule has 0 radical (unpaired) electrons. The van der Waals surface area contributed by atoms with Crippen LogP contribution in [0.4, 0.5) is 0 Å². The van der Waals surface area contributed by atoms with Gasteiger partial charge in [-0.3, -0.25) is 0 Å². The molecule has 56 valence electrons. The fourth-order valence-corrected chi connectivity index (χ4v) is 0.905. The number of ether oxygens (including phenoxy) is 1. The third-order valence-electron chi connectivity index (χ3n) is 1.44. The van der Waals surface area contributed by atoms with E-state index in [1.807, 2.05) is 13.0 Å². The first-order chi connectivity index (χ1) is 5.29. The lowest BCUT2D eigenvalue weighted by atomic mass is 10.2. The standard InChI is InChI=1S/C9H9NO/c1-4-8-9(11-3)7(2)5-6-10-8/h1,5-6H,2-3H3. The Labute approximate surface area is 66.2 Å². The van der Waals surface area contributed by atoms with Crippen molar-refractivity contribution in [1.82, 2.24) is 4.98 Å². The molecule has 0 unspecified atom stereocenters. The van der Waals surface area contributed by atoms with Crippen molar-refractivity contribution in [3.8, 4) is 18.1 Å². The number of aromatic nitrogens is 1. The summed E-state index contributed by atoms with van der Waals surface area (Å²) in [4.78, 5) is 3.97. The first-order valence-electron chi connectivity index (χ1n) is 3.25. The van der Waals surface area contributed by atoms with E-state index in [1.54, 1.807) is 13.3 Å². The molecule has 1 aromatic rings. The molecule has 0 aliphatic carbocycles. The molecule has 0 saturated heterocycles. The molecule has 0 aliphatic rings. The first-order valence-corrected chi connectivity index (χ1v) is 3.25. The van der Waals surface area contributed by atoms with Crippen LogP contribution in [0.1, 0.15) is 11.3 Å². The minimum atomic E-state index is 0.563. The van der Waals surface area contributed by atoms with Crippen molar-refractivity contribution in [2.75, 3.05) is 7.11 Å². The zero-order chi connectivity index (χ0) is 8.27. The van der Waals surface area contributed by atoms with E-state index >= 15 is 0 Å². The Bertz CT molecular complexity index is 299. The van der Waals surface area contributed by atoms with Crippen molar-refractivity contribution in [2.24, 2.45) is 0 Å². The van der Waals surface area contributed by atoms with Crippen LogP contribution in [0.5, 0.6) is 5.75 Å². The summed E-state index contributed by atoms with van der Waals surface area (Å²) in [5.41, 5.74) is 1.57. The number of hydrogen-bond acceptors (Lipinski definition) is 2. The fourth-order valence-electron chi connectivity index (χ4n) is 0.905. The van der Waals surface area contributed by atoms with Gasteiger partial charge in [-0.25, -0.2) is 4.98 Å². The molecule has 0 saturated carbocycles. The molecule has 0 bridgehead atoms. The lowest BCUT2D eigenvalue weighted by Crippen LogP contribution is -1.93. The average molecular weight is 147 g/mol. The largest absolute Gasteiger partial charge is 0.494 e. The second-order valence-electron chi connectivity index (χ2n) is 2.15. The quantitative estimate of drug-likeness (QED) is 0.560. The molecule has 2 nitrogen and oxygen atoms in total. The molecule has 0 amide bonds.